The Balaban J connectivity index is 2.11. The molecule has 0 saturated carbocycles. The molecule has 0 spiro atoms. The molecule has 2 rings (SSSR count). The normalized spacial score (nSPS) is 11.9. The van der Waals surface area contributed by atoms with Crippen LogP contribution in [0.5, 0.6) is 0 Å². The van der Waals surface area contributed by atoms with Crippen LogP contribution in [0.3, 0.4) is 0 Å². The van der Waals surface area contributed by atoms with Crippen LogP contribution in [-0.4, -0.2) is 23.5 Å². The Kier molecular flexibility index (Phi) is 5.11. The summed E-state index contributed by atoms with van der Waals surface area (Å²) in [4.78, 5) is 23.8. The molecule has 2 aromatic rings. The number of amides is 1. The Morgan fingerprint density at radius 2 is 1.95 bits per heavy atom. The fraction of sp³-hybridized carbons (Fsp3) is 0.250. The fourth-order valence-corrected chi connectivity index (χ4v) is 2.86. The number of aliphatic carboxylic acids is 1. The summed E-state index contributed by atoms with van der Waals surface area (Å²) in [7, 11) is 0. The Bertz CT molecular complexity index is 621. The molecule has 1 aromatic heterocycles. The largest absolute Gasteiger partial charge is 0.481 e. The lowest BCUT2D eigenvalue weighted by atomic mass is 10.1. The van der Waals surface area contributed by atoms with Gasteiger partial charge in [0, 0.05) is 12.1 Å². The van der Waals surface area contributed by atoms with Crippen LogP contribution in [0.25, 0.3) is 11.1 Å². The van der Waals surface area contributed by atoms with Gasteiger partial charge in [-0.1, -0.05) is 37.3 Å². The maximum Gasteiger partial charge on any atom is 0.308 e. The Labute approximate surface area is 127 Å². The van der Waals surface area contributed by atoms with Crippen molar-refractivity contribution >= 4 is 23.2 Å². The van der Waals surface area contributed by atoms with Crippen LogP contribution in [-0.2, 0) is 4.79 Å². The molecule has 0 radical (unpaired) electrons. The minimum atomic E-state index is -0.882. The zero-order chi connectivity index (χ0) is 15.2. The van der Waals surface area contributed by atoms with E-state index in [0.29, 0.717) is 11.3 Å². The molecule has 1 atom stereocenters. The quantitative estimate of drug-likeness (QED) is 0.861. The molecule has 1 amide bonds. The molecule has 0 bridgehead atoms. The zero-order valence-corrected chi connectivity index (χ0v) is 12.5. The summed E-state index contributed by atoms with van der Waals surface area (Å²) in [5, 5.41) is 13.6. The van der Waals surface area contributed by atoms with Gasteiger partial charge in [0.2, 0.25) is 0 Å². The van der Waals surface area contributed by atoms with Gasteiger partial charge >= 0.3 is 5.97 Å². The fourth-order valence-electron chi connectivity index (χ4n) is 2.03. The third-order valence-electron chi connectivity index (χ3n) is 3.31. The first-order valence-corrected chi connectivity index (χ1v) is 7.65. The average Bonchev–Trinajstić information content (AvgIpc) is 2.97. The molecule has 0 saturated heterocycles. The number of benzene rings is 1. The van der Waals surface area contributed by atoms with Crippen molar-refractivity contribution in [2.24, 2.45) is 5.92 Å². The van der Waals surface area contributed by atoms with Crippen LogP contribution < -0.4 is 5.32 Å². The molecular formula is C16H17NO3S. The smallest absolute Gasteiger partial charge is 0.308 e. The molecule has 0 aliphatic rings. The van der Waals surface area contributed by atoms with Crippen LogP contribution in [0.2, 0.25) is 0 Å². The van der Waals surface area contributed by atoms with Gasteiger partial charge in [-0.15, -0.1) is 11.3 Å². The number of carboxylic acids is 1. The Morgan fingerprint density at radius 3 is 2.57 bits per heavy atom. The highest BCUT2D eigenvalue weighted by Gasteiger charge is 2.19. The summed E-state index contributed by atoms with van der Waals surface area (Å²) < 4.78 is 0. The number of hydrogen-bond donors (Lipinski definition) is 2. The van der Waals surface area contributed by atoms with E-state index in [9.17, 15) is 9.59 Å². The third kappa shape index (κ3) is 3.70. The van der Waals surface area contributed by atoms with Crippen LogP contribution in [0, 0.1) is 5.92 Å². The summed E-state index contributed by atoms with van der Waals surface area (Å²) in [6.07, 6.45) is 0.492. The first-order valence-electron chi connectivity index (χ1n) is 6.77. The van der Waals surface area contributed by atoms with Gasteiger partial charge in [0.15, 0.2) is 0 Å². The first kappa shape index (κ1) is 15.3. The summed E-state index contributed by atoms with van der Waals surface area (Å²) in [6.45, 7) is 1.95. The number of hydrogen-bond acceptors (Lipinski definition) is 3. The zero-order valence-electron chi connectivity index (χ0n) is 11.7. The topological polar surface area (TPSA) is 66.4 Å². The van der Waals surface area contributed by atoms with E-state index in [0.717, 1.165) is 11.1 Å². The number of thiophene rings is 1. The molecule has 0 aliphatic carbocycles. The third-order valence-corrected chi connectivity index (χ3v) is 4.22. The van der Waals surface area contributed by atoms with Crippen molar-refractivity contribution in [2.45, 2.75) is 13.3 Å². The second kappa shape index (κ2) is 7.04. The predicted octanol–water partition coefficient (Wildman–Crippen LogP) is 3.26. The summed E-state index contributed by atoms with van der Waals surface area (Å²) >= 11 is 1.36. The maximum absolute atomic E-state index is 12.2. The Hall–Kier alpha value is -2.14. The second-order valence-electron chi connectivity index (χ2n) is 4.68. The molecule has 5 heteroatoms. The van der Waals surface area contributed by atoms with E-state index in [1.165, 1.54) is 11.3 Å². The average molecular weight is 303 g/mol. The molecule has 4 nitrogen and oxygen atoms in total. The molecule has 1 heterocycles. The summed E-state index contributed by atoms with van der Waals surface area (Å²) in [5.41, 5.74) is 1.86. The predicted molar refractivity (Wildman–Crippen MR) is 83.5 cm³/mol. The van der Waals surface area contributed by atoms with Gasteiger partial charge in [-0.05, 0) is 23.4 Å². The molecule has 1 aromatic carbocycles. The van der Waals surface area contributed by atoms with Crippen molar-refractivity contribution in [1.82, 2.24) is 5.32 Å². The van der Waals surface area contributed by atoms with Crippen LogP contribution in [0.4, 0.5) is 0 Å². The molecular weight excluding hydrogens is 286 g/mol. The lowest BCUT2D eigenvalue weighted by molar-refractivity contribution is -0.141. The monoisotopic (exact) mass is 303 g/mol. The van der Waals surface area contributed by atoms with Gasteiger partial charge in [-0.3, -0.25) is 9.59 Å². The molecule has 21 heavy (non-hydrogen) atoms. The SMILES string of the molecule is CCC(CNC(=O)c1sccc1-c1ccccc1)C(=O)O. The summed E-state index contributed by atoms with van der Waals surface area (Å²) in [6, 6.07) is 11.6. The van der Waals surface area contributed by atoms with Gasteiger partial charge in [0.25, 0.3) is 5.91 Å². The number of carbonyl (C=O) groups excluding carboxylic acids is 1. The van der Waals surface area contributed by atoms with Crippen molar-refractivity contribution in [1.29, 1.82) is 0 Å². The van der Waals surface area contributed by atoms with Crippen LogP contribution >= 0.6 is 11.3 Å². The lowest BCUT2D eigenvalue weighted by Gasteiger charge is -2.11. The van der Waals surface area contributed by atoms with Gasteiger partial charge in [-0.25, -0.2) is 0 Å². The minimum absolute atomic E-state index is 0.150. The molecule has 110 valence electrons. The number of carbonyl (C=O) groups is 2. The maximum atomic E-state index is 12.2. The van der Waals surface area contributed by atoms with E-state index in [-0.39, 0.29) is 12.5 Å². The highest BCUT2D eigenvalue weighted by molar-refractivity contribution is 7.12. The van der Waals surface area contributed by atoms with Crippen LogP contribution in [0.1, 0.15) is 23.0 Å². The minimum Gasteiger partial charge on any atom is -0.481 e. The standard InChI is InChI=1S/C16H17NO3S/c1-2-11(16(19)20)10-17-15(18)14-13(8-9-21-14)12-6-4-3-5-7-12/h3-9,11H,2,10H2,1H3,(H,17,18)(H,19,20). The Morgan fingerprint density at radius 1 is 1.24 bits per heavy atom. The van der Waals surface area contributed by atoms with E-state index >= 15 is 0 Å². The number of nitrogens with one attached hydrogen (secondary N) is 1. The van der Waals surface area contributed by atoms with Gasteiger partial charge in [0.1, 0.15) is 0 Å². The van der Waals surface area contributed by atoms with Gasteiger partial charge in [0.05, 0.1) is 10.8 Å². The van der Waals surface area contributed by atoms with E-state index in [1.54, 1.807) is 6.92 Å². The summed E-state index contributed by atoms with van der Waals surface area (Å²) in [5.74, 6) is -1.65. The molecule has 1 unspecified atom stereocenters. The van der Waals surface area contributed by atoms with Crippen molar-refractivity contribution in [2.75, 3.05) is 6.54 Å². The molecule has 0 fully saturated rings. The van der Waals surface area contributed by atoms with E-state index in [4.69, 9.17) is 5.11 Å². The van der Waals surface area contributed by atoms with E-state index in [2.05, 4.69) is 5.32 Å². The van der Waals surface area contributed by atoms with Crippen molar-refractivity contribution in [3.63, 3.8) is 0 Å². The highest BCUT2D eigenvalue weighted by atomic mass is 32.1. The second-order valence-corrected chi connectivity index (χ2v) is 5.60. The van der Waals surface area contributed by atoms with Crippen molar-refractivity contribution in [3.05, 3.63) is 46.7 Å². The number of rotatable bonds is 6. The van der Waals surface area contributed by atoms with Crippen LogP contribution in [0.15, 0.2) is 41.8 Å². The van der Waals surface area contributed by atoms with E-state index in [1.807, 2.05) is 41.8 Å². The van der Waals surface area contributed by atoms with Gasteiger partial charge < -0.3 is 10.4 Å². The first-order chi connectivity index (χ1) is 10.1. The molecule has 0 aliphatic heterocycles. The van der Waals surface area contributed by atoms with Gasteiger partial charge in [-0.2, -0.15) is 0 Å². The van der Waals surface area contributed by atoms with Crippen molar-refractivity contribution in [3.8, 4) is 11.1 Å². The number of carboxylic acid groups (broad SMARTS) is 1. The highest BCUT2D eigenvalue weighted by Crippen LogP contribution is 2.28. The van der Waals surface area contributed by atoms with Crippen molar-refractivity contribution < 1.29 is 14.7 Å². The lowest BCUT2D eigenvalue weighted by Crippen LogP contribution is -2.32. The van der Waals surface area contributed by atoms with E-state index < -0.39 is 11.9 Å². The molecule has 2 N–H and O–H groups in total.